The number of rotatable bonds is 13. The van der Waals surface area contributed by atoms with Crippen LogP contribution in [0, 0.1) is 11.6 Å². The Morgan fingerprint density at radius 1 is 0.594 bits per heavy atom. The van der Waals surface area contributed by atoms with Crippen molar-refractivity contribution < 1.29 is 17.6 Å². The molecule has 18 nitrogen and oxygen atoms in total. The Hall–Kier alpha value is -9.43. The monoisotopic (exact) mass is 936 g/mol. The number of halogens is 3. The van der Waals surface area contributed by atoms with E-state index in [0.29, 0.717) is 89.5 Å². The molecule has 4 aromatic carbocycles. The van der Waals surface area contributed by atoms with E-state index in [9.17, 15) is 0 Å². The van der Waals surface area contributed by atoms with Gasteiger partial charge in [-0.15, -0.1) is 10.2 Å². The van der Waals surface area contributed by atoms with E-state index in [0.717, 1.165) is 16.7 Å². The van der Waals surface area contributed by atoms with Gasteiger partial charge in [-0.25, -0.2) is 33.4 Å². The van der Waals surface area contributed by atoms with Gasteiger partial charge in [-0.3, -0.25) is 5.10 Å². The molecule has 336 valence electrons. The van der Waals surface area contributed by atoms with Gasteiger partial charge in [-0.1, -0.05) is 58.2 Å². The second kappa shape index (κ2) is 17.1. The van der Waals surface area contributed by atoms with Crippen LogP contribution < -0.4 is 10.6 Å². The highest BCUT2D eigenvalue weighted by molar-refractivity contribution is 6.30. The van der Waals surface area contributed by atoms with E-state index in [1.807, 2.05) is 48.7 Å². The largest absolute Gasteiger partial charge is 0.403 e. The van der Waals surface area contributed by atoms with E-state index in [1.54, 1.807) is 78.1 Å². The fourth-order valence-electron chi connectivity index (χ4n) is 7.83. The zero-order valence-electron chi connectivity index (χ0n) is 35.5. The standard InChI is InChI=1S/C48H31ClF2N16O2/c49-33-5-1-3-27(15-33)45-63-65-47(68-45)54-19-29-10-8-26(18-38(29)51)36-12-14-53-44-40(36)60-42(62-44)32-23-58-67(24-32)34-6-2-4-28(16-34)46-64-66-48(69-46)55-20-30-9-7-25(17-37(30)50)35-11-13-52-43-39(35)59-41(61-43)31-21-56-57-22-31/h1-18,21-24H,19-20H2,(H,54,65)(H,55,66)(H,56,57)(H,52,59,61)(H,53,60,62). The number of benzene rings is 4. The second-order valence-corrected chi connectivity index (χ2v) is 16.1. The fraction of sp³-hybridized carbons (Fsp3) is 0.0417. The summed E-state index contributed by atoms with van der Waals surface area (Å²) in [6.07, 6.45) is 10.2. The van der Waals surface area contributed by atoms with Crippen LogP contribution in [-0.2, 0) is 13.1 Å². The first-order valence-electron chi connectivity index (χ1n) is 21.2. The number of fused-ring (bicyclic) bond motifs is 2. The molecule has 0 fully saturated rings. The number of nitrogens with one attached hydrogen (secondary N) is 5. The summed E-state index contributed by atoms with van der Waals surface area (Å²) in [4.78, 5) is 24.8. The molecule has 0 atom stereocenters. The quantitative estimate of drug-likeness (QED) is 0.0724. The van der Waals surface area contributed by atoms with Gasteiger partial charge in [0.25, 0.3) is 0 Å². The minimum atomic E-state index is -0.423. The van der Waals surface area contributed by atoms with Gasteiger partial charge in [0.2, 0.25) is 11.8 Å². The van der Waals surface area contributed by atoms with Crippen molar-refractivity contribution in [1.29, 1.82) is 0 Å². The molecule has 0 aliphatic rings. The molecule has 0 bridgehead atoms. The summed E-state index contributed by atoms with van der Waals surface area (Å²) < 4.78 is 44.4. The molecule has 12 rings (SSSR count). The molecule has 8 aromatic heterocycles. The second-order valence-electron chi connectivity index (χ2n) is 15.7. The number of anilines is 2. The number of hydrogen-bond acceptors (Lipinski definition) is 14. The Labute approximate surface area is 391 Å². The summed E-state index contributed by atoms with van der Waals surface area (Å²) >= 11 is 6.09. The third kappa shape index (κ3) is 8.05. The zero-order valence-corrected chi connectivity index (χ0v) is 36.2. The van der Waals surface area contributed by atoms with Crippen molar-refractivity contribution in [1.82, 2.24) is 70.3 Å². The lowest BCUT2D eigenvalue weighted by Crippen LogP contribution is -2.02. The molecule has 0 aliphatic heterocycles. The first-order chi connectivity index (χ1) is 33.8. The van der Waals surface area contributed by atoms with Gasteiger partial charge >= 0.3 is 12.0 Å². The van der Waals surface area contributed by atoms with Crippen molar-refractivity contribution in [3.05, 3.63) is 162 Å². The Morgan fingerprint density at radius 2 is 1.19 bits per heavy atom. The highest BCUT2D eigenvalue weighted by Gasteiger charge is 2.18. The molecule has 12 aromatic rings. The first kappa shape index (κ1) is 41.0. The maximum Gasteiger partial charge on any atom is 0.316 e. The summed E-state index contributed by atoms with van der Waals surface area (Å²) in [7, 11) is 0. The zero-order chi connectivity index (χ0) is 46.4. The molecule has 5 N–H and O–H groups in total. The molecule has 69 heavy (non-hydrogen) atoms. The van der Waals surface area contributed by atoms with Crippen LogP contribution in [0.5, 0.6) is 0 Å². The predicted molar refractivity (Wildman–Crippen MR) is 251 cm³/mol. The number of aromatic amines is 3. The van der Waals surface area contributed by atoms with E-state index >= 15 is 8.78 Å². The molecule has 0 amide bonds. The van der Waals surface area contributed by atoms with Gasteiger partial charge in [-0.05, 0) is 71.8 Å². The van der Waals surface area contributed by atoms with Crippen LogP contribution >= 0.6 is 11.6 Å². The van der Waals surface area contributed by atoms with Crippen molar-refractivity contribution in [3.63, 3.8) is 0 Å². The number of nitrogens with zero attached hydrogens (tertiary/aromatic N) is 11. The van der Waals surface area contributed by atoms with Crippen LogP contribution in [0.4, 0.5) is 20.8 Å². The van der Waals surface area contributed by atoms with E-state index in [4.69, 9.17) is 25.4 Å². The van der Waals surface area contributed by atoms with E-state index in [-0.39, 0.29) is 31.0 Å². The van der Waals surface area contributed by atoms with Gasteiger partial charge in [0.05, 0.1) is 40.2 Å². The molecule has 8 heterocycles. The Morgan fingerprint density at radius 3 is 1.77 bits per heavy atom. The van der Waals surface area contributed by atoms with Gasteiger partial charge in [0.15, 0.2) is 11.3 Å². The Balaban J connectivity index is 0.709. The maximum absolute atomic E-state index is 15.5. The van der Waals surface area contributed by atoms with E-state index in [1.165, 1.54) is 12.1 Å². The fourth-order valence-corrected chi connectivity index (χ4v) is 8.02. The highest BCUT2D eigenvalue weighted by atomic mass is 35.5. The lowest BCUT2D eigenvalue weighted by atomic mass is 10.0. The molecule has 0 unspecified atom stereocenters. The van der Waals surface area contributed by atoms with Gasteiger partial charge in [0, 0.05) is 76.3 Å². The van der Waals surface area contributed by atoms with E-state index in [2.05, 4.69) is 71.2 Å². The molecule has 0 saturated carbocycles. The molecule has 0 saturated heterocycles. The normalized spacial score (nSPS) is 11.5. The highest BCUT2D eigenvalue weighted by Crippen LogP contribution is 2.33. The van der Waals surface area contributed by atoms with Crippen LogP contribution in [-0.4, -0.2) is 70.3 Å². The van der Waals surface area contributed by atoms with Crippen molar-refractivity contribution in [2.24, 2.45) is 0 Å². The van der Waals surface area contributed by atoms with Crippen molar-refractivity contribution in [2.75, 3.05) is 10.6 Å². The van der Waals surface area contributed by atoms with Crippen LogP contribution in [0.15, 0.2) is 143 Å². The first-order valence-corrected chi connectivity index (χ1v) is 21.6. The molecule has 0 spiro atoms. The lowest BCUT2D eigenvalue weighted by Gasteiger charge is -2.07. The summed E-state index contributed by atoms with van der Waals surface area (Å²) in [5.41, 5.74) is 9.37. The Kier molecular flexibility index (Phi) is 10.2. The van der Waals surface area contributed by atoms with Crippen molar-refractivity contribution >= 4 is 46.0 Å². The van der Waals surface area contributed by atoms with Crippen LogP contribution in [0.3, 0.4) is 0 Å². The predicted octanol–water partition coefficient (Wildman–Crippen LogP) is 10.1. The van der Waals surface area contributed by atoms with Gasteiger partial charge in [0.1, 0.15) is 23.3 Å². The number of pyridine rings is 2. The molecular formula is C48H31ClF2N16O2. The number of hydrogen-bond donors (Lipinski definition) is 5. The molecule has 0 radical (unpaired) electrons. The number of imidazole rings is 2. The average Bonchev–Trinajstić information content (AvgIpc) is 4.24. The third-order valence-electron chi connectivity index (χ3n) is 11.3. The average molecular weight is 937 g/mol. The topological polar surface area (TPSA) is 232 Å². The summed E-state index contributed by atoms with van der Waals surface area (Å²) in [6.45, 7) is 0.213. The number of H-pyrrole nitrogens is 3. The SMILES string of the molecule is Fc1cc(-c2ccnc3nc(-c4cnn(-c5cccc(-c6nnc(NCc7ccc(-c8ccnc9nc(-c%10cn[nH]c%10)[nH]c89)cc7F)o6)c5)c4)[nH]c23)ccc1CNc1nnc(-c2cccc(Cl)c2)o1. The van der Waals surface area contributed by atoms with E-state index < -0.39 is 11.6 Å². The van der Waals surface area contributed by atoms with Crippen LogP contribution in [0.1, 0.15) is 11.1 Å². The maximum atomic E-state index is 15.5. The van der Waals surface area contributed by atoms with Gasteiger partial charge < -0.3 is 29.4 Å². The summed E-state index contributed by atoms with van der Waals surface area (Å²) in [5, 5.41) is 34.4. The smallest absolute Gasteiger partial charge is 0.316 e. The Bertz CT molecular complexity index is 3840. The minimum Gasteiger partial charge on any atom is -0.403 e. The van der Waals surface area contributed by atoms with Gasteiger partial charge in [-0.2, -0.15) is 10.2 Å². The molecule has 0 aliphatic carbocycles. The van der Waals surface area contributed by atoms with Crippen LogP contribution in [0.2, 0.25) is 5.02 Å². The summed E-state index contributed by atoms with van der Waals surface area (Å²) in [6, 6.07) is 28.4. The van der Waals surface area contributed by atoms with Crippen LogP contribution in [0.25, 0.3) is 96.0 Å². The third-order valence-corrected chi connectivity index (χ3v) is 11.5. The molecular weight excluding hydrogens is 906 g/mol. The van der Waals surface area contributed by atoms with Crippen molar-refractivity contribution in [2.45, 2.75) is 13.1 Å². The van der Waals surface area contributed by atoms with Crippen molar-refractivity contribution in [3.8, 4) is 73.6 Å². The summed E-state index contributed by atoms with van der Waals surface area (Å²) in [5.74, 6) is 0.841. The molecule has 21 heteroatoms. The lowest BCUT2D eigenvalue weighted by molar-refractivity contribution is 0.576. The number of aromatic nitrogens is 14. The minimum absolute atomic E-state index is 0.0986.